The third kappa shape index (κ3) is 4.80. The van der Waals surface area contributed by atoms with Gasteiger partial charge in [0, 0.05) is 11.9 Å². The number of nitrogens with zero attached hydrogens (tertiary/aromatic N) is 1. The van der Waals surface area contributed by atoms with E-state index >= 15 is 0 Å². The summed E-state index contributed by atoms with van der Waals surface area (Å²) in [5, 5.41) is 2.55. The molecule has 0 bridgehead atoms. The van der Waals surface area contributed by atoms with Gasteiger partial charge in [-0.1, -0.05) is 18.2 Å². The highest BCUT2D eigenvalue weighted by Crippen LogP contribution is 2.26. The summed E-state index contributed by atoms with van der Waals surface area (Å²) in [5.41, 5.74) is 0.720. The van der Waals surface area contributed by atoms with Crippen molar-refractivity contribution < 1.29 is 32.3 Å². The van der Waals surface area contributed by atoms with E-state index in [1.807, 2.05) is 0 Å². The van der Waals surface area contributed by atoms with Crippen molar-refractivity contribution in [2.75, 3.05) is 24.4 Å². The van der Waals surface area contributed by atoms with Crippen LogP contribution in [0.2, 0.25) is 0 Å². The SMILES string of the molecule is COC(=O)c1cccc(NC(=O)[C@@H](CCS(C)(=O)=O)N2C(=O)c3ccccc3C2=O)c1. The number of anilines is 1. The lowest BCUT2D eigenvalue weighted by Crippen LogP contribution is -2.48. The normalized spacial score (nSPS) is 14.2. The summed E-state index contributed by atoms with van der Waals surface area (Å²) in [6.45, 7) is 0. The maximum Gasteiger partial charge on any atom is 0.337 e. The van der Waals surface area contributed by atoms with Gasteiger partial charge in [-0.25, -0.2) is 13.2 Å². The van der Waals surface area contributed by atoms with E-state index in [0.717, 1.165) is 11.2 Å². The van der Waals surface area contributed by atoms with Gasteiger partial charge in [-0.2, -0.15) is 0 Å². The number of benzene rings is 2. The van der Waals surface area contributed by atoms with Crippen LogP contribution in [-0.2, 0) is 19.4 Å². The molecular formula is C21H20N2O7S. The number of fused-ring (bicyclic) bond motifs is 1. The second kappa shape index (κ2) is 8.68. The smallest absolute Gasteiger partial charge is 0.337 e. The number of carbonyl (C=O) groups excluding carboxylic acids is 4. The fraction of sp³-hybridized carbons (Fsp3) is 0.238. The number of hydrogen-bond donors (Lipinski definition) is 1. The number of methoxy groups -OCH3 is 1. The maximum atomic E-state index is 13.0. The molecule has 162 valence electrons. The first-order valence-electron chi connectivity index (χ1n) is 9.26. The van der Waals surface area contributed by atoms with Gasteiger partial charge in [0.05, 0.1) is 29.6 Å². The fourth-order valence-corrected chi connectivity index (χ4v) is 3.91. The molecule has 0 saturated heterocycles. The van der Waals surface area contributed by atoms with Gasteiger partial charge in [0.25, 0.3) is 11.8 Å². The van der Waals surface area contributed by atoms with Crippen LogP contribution >= 0.6 is 0 Å². The first-order valence-corrected chi connectivity index (χ1v) is 11.3. The van der Waals surface area contributed by atoms with E-state index in [1.165, 1.54) is 43.5 Å². The van der Waals surface area contributed by atoms with Gasteiger partial charge in [-0.3, -0.25) is 19.3 Å². The molecule has 3 rings (SSSR count). The summed E-state index contributed by atoms with van der Waals surface area (Å²) in [5.74, 6) is -3.10. The molecule has 10 heteroatoms. The largest absolute Gasteiger partial charge is 0.465 e. The van der Waals surface area contributed by atoms with Gasteiger partial charge >= 0.3 is 5.97 Å². The van der Waals surface area contributed by atoms with E-state index in [2.05, 4.69) is 10.1 Å². The van der Waals surface area contributed by atoms with Gasteiger partial charge in [0.1, 0.15) is 15.9 Å². The van der Waals surface area contributed by atoms with Crippen LogP contribution in [0.3, 0.4) is 0 Å². The van der Waals surface area contributed by atoms with Crippen molar-refractivity contribution in [2.45, 2.75) is 12.5 Å². The van der Waals surface area contributed by atoms with E-state index in [4.69, 9.17) is 0 Å². The van der Waals surface area contributed by atoms with E-state index in [-0.39, 0.29) is 28.8 Å². The molecule has 1 aliphatic rings. The molecule has 0 aliphatic carbocycles. The monoisotopic (exact) mass is 444 g/mol. The Kier molecular flexibility index (Phi) is 6.21. The Morgan fingerprint density at radius 2 is 1.65 bits per heavy atom. The minimum absolute atomic E-state index is 0.150. The summed E-state index contributed by atoms with van der Waals surface area (Å²) in [6.07, 6.45) is 0.733. The topological polar surface area (TPSA) is 127 Å². The van der Waals surface area contributed by atoms with Crippen LogP contribution in [0.4, 0.5) is 5.69 Å². The molecule has 0 radical (unpaired) electrons. The molecule has 0 aromatic heterocycles. The van der Waals surface area contributed by atoms with E-state index in [0.29, 0.717) is 0 Å². The lowest BCUT2D eigenvalue weighted by molar-refractivity contribution is -0.120. The van der Waals surface area contributed by atoms with Crippen LogP contribution in [0.25, 0.3) is 0 Å². The van der Waals surface area contributed by atoms with Crippen molar-refractivity contribution in [1.82, 2.24) is 4.90 Å². The minimum Gasteiger partial charge on any atom is -0.465 e. The van der Waals surface area contributed by atoms with Crippen molar-refractivity contribution in [3.8, 4) is 0 Å². The molecule has 0 spiro atoms. The Bertz CT molecular complexity index is 1140. The minimum atomic E-state index is -3.47. The average molecular weight is 444 g/mol. The van der Waals surface area contributed by atoms with Crippen LogP contribution in [0.5, 0.6) is 0 Å². The fourth-order valence-electron chi connectivity index (χ4n) is 3.26. The Labute approximate surface area is 178 Å². The molecular weight excluding hydrogens is 424 g/mol. The van der Waals surface area contributed by atoms with Gasteiger partial charge in [0.2, 0.25) is 5.91 Å². The van der Waals surface area contributed by atoms with Gasteiger partial charge in [-0.05, 0) is 36.8 Å². The number of hydrogen-bond acceptors (Lipinski definition) is 7. The number of ether oxygens (including phenoxy) is 1. The molecule has 2 aromatic rings. The second-order valence-corrected chi connectivity index (χ2v) is 9.28. The lowest BCUT2D eigenvalue weighted by atomic mass is 10.1. The molecule has 2 aromatic carbocycles. The summed E-state index contributed by atoms with van der Waals surface area (Å²) >= 11 is 0. The molecule has 0 saturated carbocycles. The van der Waals surface area contributed by atoms with Crippen LogP contribution in [-0.4, -0.2) is 62.2 Å². The molecule has 9 nitrogen and oxygen atoms in total. The molecule has 0 fully saturated rings. The summed E-state index contributed by atoms with van der Waals surface area (Å²) in [4.78, 5) is 51.2. The third-order valence-electron chi connectivity index (χ3n) is 4.75. The highest BCUT2D eigenvalue weighted by Gasteiger charge is 2.42. The Hall–Kier alpha value is -3.53. The van der Waals surface area contributed by atoms with Crippen molar-refractivity contribution in [1.29, 1.82) is 0 Å². The Morgan fingerprint density at radius 1 is 1.03 bits per heavy atom. The molecule has 1 atom stereocenters. The number of carbonyl (C=O) groups is 4. The number of esters is 1. The molecule has 3 amide bonds. The number of rotatable bonds is 7. The Balaban J connectivity index is 1.91. The summed E-state index contributed by atoms with van der Waals surface area (Å²) in [6, 6.07) is 10.7. The summed E-state index contributed by atoms with van der Waals surface area (Å²) in [7, 11) is -2.25. The van der Waals surface area contributed by atoms with Gasteiger partial charge in [-0.15, -0.1) is 0 Å². The highest BCUT2D eigenvalue weighted by molar-refractivity contribution is 7.90. The lowest BCUT2D eigenvalue weighted by Gasteiger charge is -2.25. The molecule has 0 unspecified atom stereocenters. The quantitative estimate of drug-likeness (QED) is 0.507. The van der Waals surface area contributed by atoms with E-state index in [1.54, 1.807) is 12.1 Å². The predicted molar refractivity (Wildman–Crippen MR) is 111 cm³/mol. The van der Waals surface area contributed by atoms with Crippen molar-refractivity contribution >= 4 is 39.2 Å². The van der Waals surface area contributed by atoms with Crippen molar-refractivity contribution in [3.05, 3.63) is 65.2 Å². The number of imide groups is 1. The Morgan fingerprint density at radius 3 is 2.19 bits per heavy atom. The summed E-state index contributed by atoms with van der Waals surface area (Å²) < 4.78 is 28.0. The number of sulfone groups is 1. The van der Waals surface area contributed by atoms with E-state index < -0.39 is 45.3 Å². The molecule has 1 N–H and O–H groups in total. The average Bonchev–Trinajstić information content (AvgIpc) is 2.98. The first-order chi connectivity index (χ1) is 14.6. The zero-order valence-electron chi connectivity index (χ0n) is 16.8. The van der Waals surface area contributed by atoms with Crippen molar-refractivity contribution in [3.63, 3.8) is 0 Å². The highest BCUT2D eigenvalue weighted by atomic mass is 32.2. The van der Waals surface area contributed by atoms with Crippen LogP contribution < -0.4 is 5.32 Å². The zero-order chi connectivity index (χ0) is 22.8. The second-order valence-electron chi connectivity index (χ2n) is 7.02. The van der Waals surface area contributed by atoms with Crippen LogP contribution in [0.15, 0.2) is 48.5 Å². The standard InChI is InChI=1S/C21H20N2O7S/c1-30-21(27)13-6-5-7-14(12-13)22-18(24)17(10-11-31(2,28)29)23-19(25)15-8-3-4-9-16(15)20(23)26/h3-9,12,17H,10-11H2,1-2H3,(H,22,24)/t17-/m1/s1. The van der Waals surface area contributed by atoms with Crippen LogP contribution in [0, 0.1) is 0 Å². The molecule has 1 heterocycles. The first kappa shape index (κ1) is 22.2. The number of amides is 3. The molecule has 1 aliphatic heterocycles. The van der Waals surface area contributed by atoms with Gasteiger partial charge in [0.15, 0.2) is 0 Å². The number of nitrogens with one attached hydrogen (secondary N) is 1. The zero-order valence-corrected chi connectivity index (χ0v) is 17.6. The van der Waals surface area contributed by atoms with Gasteiger partial charge < -0.3 is 10.1 Å². The van der Waals surface area contributed by atoms with E-state index in [9.17, 15) is 27.6 Å². The third-order valence-corrected chi connectivity index (χ3v) is 5.73. The van der Waals surface area contributed by atoms with Crippen molar-refractivity contribution in [2.24, 2.45) is 0 Å². The maximum absolute atomic E-state index is 13.0. The van der Waals surface area contributed by atoms with Crippen LogP contribution in [0.1, 0.15) is 37.5 Å². The molecule has 31 heavy (non-hydrogen) atoms. The predicted octanol–water partition coefficient (Wildman–Crippen LogP) is 1.51.